The quantitative estimate of drug-likeness (QED) is 0.697. The molecule has 0 aliphatic carbocycles. The first kappa shape index (κ1) is 12.1. The lowest BCUT2D eigenvalue weighted by Crippen LogP contribution is -2.15. The molecule has 0 spiro atoms. The van der Waals surface area contributed by atoms with Gasteiger partial charge in [-0.1, -0.05) is 26.8 Å². The van der Waals surface area contributed by atoms with Gasteiger partial charge in [-0.25, -0.2) is 0 Å². The molecule has 0 aliphatic rings. The highest BCUT2D eigenvalue weighted by Crippen LogP contribution is 2.27. The number of benzene rings is 1. The fraction of sp³-hybridized carbons (Fsp3) is 0.429. The Kier molecular flexibility index (Phi) is 2.98. The van der Waals surface area contributed by atoms with Gasteiger partial charge >= 0.3 is 0 Å². The van der Waals surface area contributed by atoms with Crippen LogP contribution in [-0.4, -0.2) is 17.1 Å². The Morgan fingerprint density at radius 3 is 2.53 bits per heavy atom. The molecule has 0 saturated heterocycles. The molecule has 2 rings (SSSR count). The van der Waals surface area contributed by atoms with Crippen molar-refractivity contribution in [2.24, 2.45) is 0 Å². The molecule has 1 heterocycles. The van der Waals surface area contributed by atoms with Crippen LogP contribution in [0.15, 0.2) is 24.3 Å². The smallest absolute Gasteiger partial charge is 0.145 e. The van der Waals surface area contributed by atoms with Crippen LogP contribution in [0.3, 0.4) is 0 Å². The van der Waals surface area contributed by atoms with Crippen molar-refractivity contribution in [2.45, 2.75) is 32.4 Å². The van der Waals surface area contributed by atoms with E-state index in [9.17, 15) is 5.11 Å². The Bertz CT molecular complexity index is 522. The van der Waals surface area contributed by atoms with Crippen molar-refractivity contribution in [3.63, 3.8) is 0 Å². The number of H-pyrrole nitrogens is 1. The number of fused-ring (bicyclic) bond motifs is 1. The molecule has 0 saturated carbocycles. The molecule has 3 N–H and O–H groups in total. The first-order chi connectivity index (χ1) is 7.91. The van der Waals surface area contributed by atoms with Gasteiger partial charge in [0.2, 0.25) is 0 Å². The molecule has 0 radical (unpaired) electrons. The van der Waals surface area contributed by atoms with Gasteiger partial charge in [0.1, 0.15) is 6.23 Å². The zero-order chi connectivity index (χ0) is 12.6. The number of aromatic amines is 1. The molecule has 0 bridgehead atoms. The maximum atomic E-state index is 9.72. The minimum Gasteiger partial charge on any atom is -0.373 e. The van der Waals surface area contributed by atoms with Crippen LogP contribution in [0.4, 0.5) is 0 Å². The summed E-state index contributed by atoms with van der Waals surface area (Å²) in [5.41, 5.74) is 3.30. The molecule has 1 aromatic heterocycles. The van der Waals surface area contributed by atoms with Crippen LogP contribution in [0.25, 0.3) is 10.9 Å². The van der Waals surface area contributed by atoms with E-state index in [1.54, 1.807) is 7.05 Å². The Morgan fingerprint density at radius 2 is 1.94 bits per heavy atom. The van der Waals surface area contributed by atoms with Crippen LogP contribution in [0.5, 0.6) is 0 Å². The summed E-state index contributed by atoms with van der Waals surface area (Å²) in [5, 5.41) is 13.7. The second-order valence-corrected chi connectivity index (χ2v) is 5.47. The van der Waals surface area contributed by atoms with Crippen LogP contribution < -0.4 is 5.32 Å². The van der Waals surface area contributed by atoms with Crippen molar-refractivity contribution >= 4 is 10.9 Å². The topological polar surface area (TPSA) is 48.0 Å². The summed E-state index contributed by atoms with van der Waals surface area (Å²) in [5.74, 6) is 0. The monoisotopic (exact) mass is 232 g/mol. The van der Waals surface area contributed by atoms with Crippen LogP contribution in [0.2, 0.25) is 0 Å². The third-order valence-electron chi connectivity index (χ3n) is 3.08. The molecule has 3 nitrogen and oxygen atoms in total. The molecule has 2 aromatic rings. The lowest BCUT2D eigenvalue weighted by atomic mass is 9.86. The van der Waals surface area contributed by atoms with Crippen LogP contribution in [-0.2, 0) is 5.41 Å². The number of aliphatic hydroxyl groups is 1. The number of nitrogens with one attached hydrogen (secondary N) is 2. The fourth-order valence-corrected chi connectivity index (χ4v) is 1.92. The first-order valence-corrected chi connectivity index (χ1v) is 5.90. The molecule has 0 amide bonds. The van der Waals surface area contributed by atoms with Crippen molar-refractivity contribution in [3.8, 4) is 0 Å². The van der Waals surface area contributed by atoms with Crippen molar-refractivity contribution in [1.82, 2.24) is 10.3 Å². The summed E-state index contributed by atoms with van der Waals surface area (Å²) in [6.07, 6.45) is -0.638. The summed E-state index contributed by atoms with van der Waals surface area (Å²) < 4.78 is 0. The molecule has 3 heteroatoms. The van der Waals surface area contributed by atoms with Gasteiger partial charge in [0.15, 0.2) is 0 Å². The molecule has 0 aliphatic heterocycles. The fourth-order valence-electron chi connectivity index (χ4n) is 1.92. The van der Waals surface area contributed by atoms with E-state index in [2.05, 4.69) is 49.3 Å². The molecule has 1 unspecified atom stereocenters. The Labute approximate surface area is 102 Å². The van der Waals surface area contributed by atoms with Gasteiger partial charge in [0, 0.05) is 10.9 Å². The number of rotatable bonds is 2. The number of aromatic nitrogens is 1. The summed E-state index contributed by atoms with van der Waals surface area (Å²) in [4.78, 5) is 3.21. The molecule has 17 heavy (non-hydrogen) atoms. The van der Waals surface area contributed by atoms with E-state index in [-0.39, 0.29) is 5.41 Å². The molecule has 0 fully saturated rings. The van der Waals surface area contributed by atoms with Gasteiger partial charge in [-0.3, -0.25) is 5.32 Å². The summed E-state index contributed by atoms with van der Waals surface area (Å²) in [6, 6.07) is 8.37. The van der Waals surface area contributed by atoms with Crippen molar-refractivity contribution in [2.75, 3.05) is 7.05 Å². The Balaban J connectivity index is 2.48. The number of hydrogen-bond acceptors (Lipinski definition) is 2. The first-order valence-electron chi connectivity index (χ1n) is 5.90. The van der Waals surface area contributed by atoms with Gasteiger partial charge in [-0.2, -0.15) is 0 Å². The molecule has 1 atom stereocenters. The lowest BCUT2D eigenvalue weighted by molar-refractivity contribution is 0.145. The second kappa shape index (κ2) is 4.17. The van der Waals surface area contributed by atoms with Crippen molar-refractivity contribution in [3.05, 3.63) is 35.5 Å². The minimum absolute atomic E-state index is 0.146. The van der Waals surface area contributed by atoms with Gasteiger partial charge in [0.25, 0.3) is 0 Å². The van der Waals surface area contributed by atoms with Crippen LogP contribution >= 0.6 is 0 Å². The highest BCUT2D eigenvalue weighted by atomic mass is 16.3. The number of aliphatic hydroxyl groups excluding tert-OH is 1. The minimum atomic E-state index is -0.638. The van der Waals surface area contributed by atoms with E-state index in [1.165, 1.54) is 5.56 Å². The maximum absolute atomic E-state index is 9.72. The van der Waals surface area contributed by atoms with Gasteiger partial charge in [-0.15, -0.1) is 0 Å². The van der Waals surface area contributed by atoms with Gasteiger partial charge in [-0.05, 0) is 36.2 Å². The van der Waals surface area contributed by atoms with E-state index < -0.39 is 6.23 Å². The van der Waals surface area contributed by atoms with Crippen LogP contribution in [0.1, 0.15) is 38.3 Å². The second-order valence-electron chi connectivity index (χ2n) is 5.47. The van der Waals surface area contributed by atoms with E-state index in [4.69, 9.17) is 0 Å². The summed E-state index contributed by atoms with van der Waals surface area (Å²) >= 11 is 0. The predicted octanol–water partition coefficient (Wildman–Crippen LogP) is 2.68. The zero-order valence-electron chi connectivity index (χ0n) is 10.8. The molecule has 1 aromatic carbocycles. The van der Waals surface area contributed by atoms with Crippen LogP contribution in [0, 0.1) is 0 Å². The van der Waals surface area contributed by atoms with Crippen molar-refractivity contribution < 1.29 is 5.11 Å². The highest BCUT2D eigenvalue weighted by Gasteiger charge is 2.15. The van der Waals surface area contributed by atoms with Gasteiger partial charge in [0.05, 0.1) is 5.69 Å². The Hall–Kier alpha value is -1.32. The standard InChI is InChI=1S/C14H20N2O/c1-14(2,3)10-5-6-11-9(7-10)8-12(16-11)13(17)15-4/h5-8,13,15-17H,1-4H3. The van der Waals surface area contributed by atoms with Gasteiger partial charge < -0.3 is 10.1 Å². The molecular formula is C14H20N2O. The van der Waals surface area contributed by atoms with E-state index in [0.717, 1.165) is 16.6 Å². The summed E-state index contributed by atoms with van der Waals surface area (Å²) in [7, 11) is 1.73. The number of hydrogen-bond donors (Lipinski definition) is 3. The molecule has 92 valence electrons. The largest absolute Gasteiger partial charge is 0.373 e. The summed E-state index contributed by atoms with van der Waals surface area (Å²) in [6.45, 7) is 6.60. The third kappa shape index (κ3) is 2.35. The average molecular weight is 232 g/mol. The highest BCUT2D eigenvalue weighted by molar-refractivity contribution is 5.81. The zero-order valence-corrected chi connectivity index (χ0v) is 10.8. The molecular weight excluding hydrogens is 212 g/mol. The normalized spacial score (nSPS) is 14.2. The van der Waals surface area contributed by atoms with E-state index in [1.807, 2.05) is 6.07 Å². The average Bonchev–Trinajstić information content (AvgIpc) is 2.69. The third-order valence-corrected chi connectivity index (χ3v) is 3.08. The maximum Gasteiger partial charge on any atom is 0.145 e. The predicted molar refractivity (Wildman–Crippen MR) is 71.0 cm³/mol. The van der Waals surface area contributed by atoms with Crippen molar-refractivity contribution in [1.29, 1.82) is 0 Å². The SMILES string of the molecule is CNC(O)c1cc2cc(C(C)(C)C)ccc2[nH]1. The lowest BCUT2D eigenvalue weighted by Gasteiger charge is -2.18. The van der Waals surface area contributed by atoms with E-state index >= 15 is 0 Å². The Morgan fingerprint density at radius 1 is 1.24 bits per heavy atom. The van der Waals surface area contributed by atoms with E-state index in [0.29, 0.717) is 0 Å².